The van der Waals surface area contributed by atoms with Crippen molar-refractivity contribution >= 4 is 17.2 Å². The molecule has 5 rings (SSSR count). The Kier molecular flexibility index (Phi) is 4.93. The van der Waals surface area contributed by atoms with Crippen LogP contribution in [0, 0.1) is 6.92 Å². The molecule has 3 heterocycles. The number of benzene rings is 1. The van der Waals surface area contributed by atoms with E-state index in [1.165, 1.54) is 19.3 Å². The average molecular weight is 408 g/mol. The first-order valence-corrected chi connectivity index (χ1v) is 11.1. The third-order valence-corrected chi connectivity index (χ3v) is 6.88. The van der Waals surface area contributed by atoms with Crippen molar-refractivity contribution < 1.29 is 5.11 Å². The Balaban J connectivity index is 1.29. The van der Waals surface area contributed by atoms with Crippen molar-refractivity contribution in [1.29, 1.82) is 0 Å². The molecule has 1 aromatic carbocycles. The van der Waals surface area contributed by atoms with Gasteiger partial charge in [0.1, 0.15) is 5.75 Å². The molecular formula is C22H25N5OS. The lowest BCUT2D eigenvalue weighted by molar-refractivity contribution is 0.311. The molecule has 2 aromatic heterocycles. The highest BCUT2D eigenvalue weighted by molar-refractivity contribution is 7.15. The number of phenols is 1. The predicted molar refractivity (Wildman–Crippen MR) is 116 cm³/mol. The highest BCUT2D eigenvalue weighted by atomic mass is 32.1. The van der Waals surface area contributed by atoms with Crippen molar-refractivity contribution in [3.05, 3.63) is 41.5 Å². The van der Waals surface area contributed by atoms with E-state index in [0.29, 0.717) is 23.3 Å². The number of aromatic hydroxyl groups is 1. The van der Waals surface area contributed by atoms with Gasteiger partial charge in [-0.3, -0.25) is 0 Å². The maximum Gasteiger partial charge on any atom is 0.151 e. The molecule has 7 heteroatoms. The summed E-state index contributed by atoms with van der Waals surface area (Å²) in [4.78, 5) is 7.63. The van der Waals surface area contributed by atoms with Crippen LogP contribution in [0.2, 0.25) is 0 Å². The number of rotatable bonds is 5. The van der Waals surface area contributed by atoms with Crippen molar-refractivity contribution in [2.24, 2.45) is 0 Å². The van der Waals surface area contributed by atoms with Gasteiger partial charge in [-0.1, -0.05) is 12.5 Å². The van der Waals surface area contributed by atoms with Crippen LogP contribution in [-0.4, -0.2) is 45.5 Å². The maximum absolute atomic E-state index is 10.5. The van der Waals surface area contributed by atoms with Crippen LogP contribution in [0.5, 0.6) is 5.75 Å². The zero-order valence-corrected chi connectivity index (χ0v) is 17.3. The lowest BCUT2D eigenvalue weighted by Crippen LogP contribution is -2.43. The minimum atomic E-state index is 0.210. The summed E-state index contributed by atoms with van der Waals surface area (Å²) in [5, 5.41) is 24.1. The fraction of sp³-hybridized carbons (Fsp3) is 0.409. The Bertz CT molecular complexity index is 999. The second kappa shape index (κ2) is 7.72. The summed E-state index contributed by atoms with van der Waals surface area (Å²) in [5.74, 6) is 1.12. The van der Waals surface area contributed by atoms with Gasteiger partial charge >= 0.3 is 0 Å². The molecule has 1 aliphatic heterocycles. The second-order valence-corrected chi connectivity index (χ2v) is 9.21. The molecule has 0 unspecified atom stereocenters. The van der Waals surface area contributed by atoms with Gasteiger partial charge in [0.2, 0.25) is 0 Å². The molecular weight excluding hydrogens is 382 g/mol. The largest absolute Gasteiger partial charge is 0.507 e. The molecule has 0 amide bonds. The molecule has 1 saturated heterocycles. The van der Waals surface area contributed by atoms with E-state index in [1.807, 2.05) is 37.4 Å². The summed E-state index contributed by atoms with van der Waals surface area (Å²) in [7, 11) is 0. The third kappa shape index (κ3) is 3.84. The van der Waals surface area contributed by atoms with Gasteiger partial charge in [0.25, 0.3) is 0 Å². The summed E-state index contributed by atoms with van der Waals surface area (Å²) in [6, 6.07) is 10.9. The topological polar surface area (TPSA) is 74.2 Å². The molecule has 29 heavy (non-hydrogen) atoms. The second-order valence-electron chi connectivity index (χ2n) is 7.98. The van der Waals surface area contributed by atoms with Gasteiger partial charge in [0, 0.05) is 36.9 Å². The van der Waals surface area contributed by atoms with Crippen molar-refractivity contribution in [3.8, 4) is 27.4 Å². The van der Waals surface area contributed by atoms with Crippen molar-refractivity contribution in [2.75, 3.05) is 18.0 Å². The van der Waals surface area contributed by atoms with Crippen LogP contribution < -0.4 is 10.2 Å². The van der Waals surface area contributed by atoms with Crippen molar-refractivity contribution in [3.63, 3.8) is 0 Å². The minimum absolute atomic E-state index is 0.210. The monoisotopic (exact) mass is 407 g/mol. The smallest absolute Gasteiger partial charge is 0.151 e. The highest BCUT2D eigenvalue weighted by Crippen LogP contribution is 2.34. The molecule has 2 N–H and O–H groups in total. The number of hydrogen-bond donors (Lipinski definition) is 2. The Morgan fingerprint density at radius 1 is 1.10 bits per heavy atom. The van der Waals surface area contributed by atoms with Crippen LogP contribution in [0.25, 0.3) is 21.7 Å². The van der Waals surface area contributed by atoms with Gasteiger partial charge < -0.3 is 15.3 Å². The summed E-state index contributed by atoms with van der Waals surface area (Å²) < 4.78 is 0. The minimum Gasteiger partial charge on any atom is -0.507 e. The number of phenolic OH excluding ortho intramolecular Hbond substituents is 1. The average Bonchev–Trinajstić information content (AvgIpc) is 3.34. The Morgan fingerprint density at radius 3 is 2.66 bits per heavy atom. The standard InChI is InChI=1S/C22H25N5OS/c1-14-23-12-21(29-14)15-5-6-18(20(28)11-15)19-7-8-22(26-25-19)27-10-9-17(13-27)24-16-3-2-4-16/h5-8,11-12,16-17,24,28H,2-4,9-10,13H2,1H3/t17-/m0/s1. The molecule has 1 atom stereocenters. The van der Waals surface area contributed by atoms with Gasteiger partial charge in [-0.25, -0.2) is 4.98 Å². The fourth-order valence-electron chi connectivity index (χ4n) is 4.05. The Morgan fingerprint density at radius 2 is 2.00 bits per heavy atom. The van der Waals surface area contributed by atoms with Gasteiger partial charge in [-0.2, -0.15) is 0 Å². The van der Waals surface area contributed by atoms with Crippen molar-refractivity contribution in [1.82, 2.24) is 20.5 Å². The maximum atomic E-state index is 10.5. The summed E-state index contributed by atoms with van der Waals surface area (Å²) in [6.07, 6.45) is 6.98. The number of nitrogens with zero attached hydrogens (tertiary/aromatic N) is 4. The predicted octanol–water partition coefficient (Wildman–Crippen LogP) is 4.00. The number of aryl methyl sites for hydroxylation is 1. The lowest BCUT2D eigenvalue weighted by atomic mass is 9.92. The number of aromatic nitrogens is 3. The van der Waals surface area contributed by atoms with E-state index in [0.717, 1.165) is 40.8 Å². The van der Waals surface area contributed by atoms with Crippen LogP contribution in [-0.2, 0) is 0 Å². The molecule has 1 aliphatic carbocycles. The zero-order valence-electron chi connectivity index (χ0n) is 16.5. The number of hydrogen-bond acceptors (Lipinski definition) is 7. The van der Waals surface area contributed by atoms with Gasteiger partial charge in [-0.05, 0) is 56.0 Å². The quantitative estimate of drug-likeness (QED) is 0.666. The molecule has 0 spiro atoms. The normalized spacial score (nSPS) is 19.5. The van der Waals surface area contributed by atoms with E-state index < -0.39 is 0 Å². The number of anilines is 1. The van der Waals surface area contributed by atoms with Crippen LogP contribution in [0.15, 0.2) is 36.5 Å². The van der Waals surface area contributed by atoms with Gasteiger partial charge in [0.05, 0.1) is 15.6 Å². The van der Waals surface area contributed by atoms with Crippen LogP contribution in [0.3, 0.4) is 0 Å². The number of thiazole rings is 1. The van der Waals surface area contributed by atoms with Crippen molar-refractivity contribution in [2.45, 2.75) is 44.7 Å². The molecule has 6 nitrogen and oxygen atoms in total. The summed E-state index contributed by atoms with van der Waals surface area (Å²) >= 11 is 1.62. The molecule has 0 bridgehead atoms. The first-order valence-electron chi connectivity index (χ1n) is 10.3. The Labute approximate surface area is 174 Å². The van der Waals surface area contributed by atoms with E-state index in [-0.39, 0.29) is 5.75 Å². The Hall–Kier alpha value is -2.51. The van der Waals surface area contributed by atoms with Crippen LogP contribution in [0.4, 0.5) is 5.82 Å². The fourth-order valence-corrected chi connectivity index (χ4v) is 4.82. The van der Waals surface area contributed by atoms with E-state index in [1.54, 1.807) is 17.4 Å². The lowest BCUT2D eigenvalue weighted by Gasteiger charge is -2.29. The summed E-state index contributed by atoms with van der Waals surface area (Å²) in [6.45, 7) is 3.97. The van der Waals surface area contributed by atoms with Gasteiger partial charge in [0.15, 0.2) is 5.82 Å². The van der Waals surface area contributed by atoms with Crippen LogP contribution in [0.1, 0.15) is 30.7 Å². The third-order valence-electron chi connectivity index (χ3n) is 5.92. The first kappa shape index (κ1) is 18.5. The van der Waals surface area contributed by atoms with Gasteiger partial charge in [-0.15, -0.1) is 21.5 Å². The van der Waals surface area contributed by atoms with Crippen LogP contribution >= 0.6 is 11.3 Å². The van der Waals surface area contributed by atoms with E-state index in [4.69, 9.17) is 0 Å². The first-order chi connectivity index (χ1) is 14.2. The van der Waals surface area contributed by atoms with E-state index in [2.05, 4.69) is 25.4 Å². The molecule has 2 aliphatic rings. The highest BCUT2D eigenvalue weighted by Gasteiger charge is 2.27. The molecule has 2 fully saturated rings. The molecule has 150 valence electrons. The van der Waals surface area contributed by atoms with E-state index >= 15 is 0 Å². The number of nitrogens with one attached hydrogen (secondary N) is 1. The molecule has 3 aromatic rings. The SMILES string of the molecule is Cc1ncc(-c2ccc(-c3ccc(N4CC[C@H](NC5CCC5)C4)nn3)c(O)c2)s1. The molecule has 0 radical (unpaired) electrons. The van der Waals surface area contributed by atoms with E-state index in [9.17, 15) is 5.11 Å². The zero-order chi connectivity index (χ0) is 19.8. The summed E-state index contributed by atoms with van der Waals surface area (Å²) in [5.41, 5.74) is 2.34. The molecule has 1 saturated carbocycles.